The molecular formula is C12H24N2O2. The second-order valence-electron chi connectivity index (χ2n) is 5.40. The molecular weight excluding hydrogens is 204 g/mol. The number of carbonyl (C=O) groups excluding carboxylic acids is 1. The molecule has 0 saturated heterocycles. The Balaban J connectivity index is 2.57. The highest BCUT2D eigenvalue weighted by atomic mass is 16.6. The molecule has 4 nitrogen and oxygen atoms in total. The monoisotopic (exact) mass is 228 g/mol. The molecule has 1 fully saturated rings. The predicted molar refractivity (Wildman–Crippen MR) is 64.3 cm³/mol. The highest BCUT2D eigenvalue weighted by molar-refractivity contribution is 5.68. The van der Waals surface area contributed by atoms with Crippen molar-refractivity contribution in [3.05, 3.63) is 0 Å². The maximum atomic E-state index is 12.0. The number of hydrogen-bond donors (Lipinski definition) is 1. The van der Waals surface area contributed by atoms with Crippen molar-refractivity contribution < 1.29 is 9.53 Å². The van der Waals surface area contributed by atoms with Gasteiger partial charge in [0.2, 0.25) is 0 Å². The molecule has 0 heterocycles. The van der Waals surface area contributed by atoms with Gasteiger partial charge in [0, 0.05) is 19.1 Å². The van der Waals surface area contributed by atoms with Gasteiger partial charge in [-0.3, -0.25) is 0 Å². The number of nitrogens with zero attached hydrogens (tertiary/aromatic N) is 1. The summed E-state index contributed by atoms with van der Waals surface area (Å²) in [5.41, 5.74) is 5.12. The van der Waals surface area contributed by atoms with Crippen LogP contribution in [0.3, 0.4) is 0 Å². The molecule has 16 heavy (non-hydrogen) atoms. The Morgan fingerprint density at radius 2 is 1.94 bits per heavy atom. The minimum absolute atomic E-state index is 0.218. The van der Waals surface area contributed by atoms with Gasteiger partial charge in [-0.15, -0.1) is 0 Å². The Morgan fingerprint density at radius 3 is 2.38 bits per heavy atom. The summed E-state index contributed by atoms with van der Waals surface area (Å²) in [6, 6.07) is 0.332. The fourth-order valence-corrected chi connectivity index (χ4v) is 2.10. The molecule has 1 rings (SSSR count). The summed E-state index contributed by atoms with van der Waals surface area (Å²) >= 11 is 0. The third kappa shape index (κ3) is 4.00. The van der Waals surface area contributed by atoms with Crippen LogP contribution in [0.1, 0.15) is 46.5 Å². The van der Waals surface area contributed by atoms with Gasteiger partial charge in [-0.2, -0.15) is 0 Å². The standard InChI is InChI=1S/C12H24N2O2/c1-12(2,3)16-11(15)14(9-8-13)10-6-4-5-7-10/h10H,4-9,13H2,1-3H3. The molecule has 2 N–H and O–H groups in total. The highest BCUT2D eigenvalue weighted by Crippen LogP contribution is 2.24. The van der Waals surface area contributed by atoms with Crippen molar-refractivity contribution in [2.45, 2.75) is 58.1 Å². The van der Waals surface area contributed by atoms with Gasteiger partial charge < -0.3 is 15.4 Å². The van der Waals surface area contributed by atoms with Crippen molar-refractivity contribution in [2.75, 3.05) is 13.1 Å². The zero-order valence-corrected chi connectivity index (χ0v) is 10.7. The van der Waals surface area contributed by atoms with Crippen molar-refractivity contribution >= 4 is 6.09 Å². The van der Waals surface area contributed by atoms with Gasteiger partial charge in [0.15, 0.2) is 0 Å². The summed E-state index contributed by atoms with van der Waals surface area (Å²) in [5, 5.41) is 0. The molecule has 0 aromatic rings. The van der Waals surface area contributed by atoms with Crippen LogP contribution < -0.4 is 5.73 Å². The van der Waals surface area contributed by atoms with Crippen LogP contribution in [0.15, 0.2) is 0 Å². The van der Waals surface area contributed by atoms with E-state index in [0.717, 1.165) is 12.8 Å². The van der Waals surface area contributed by atoms with Crippen LogP contribution in [0, 0.1) is 0 Å². The molecule has 0 atom stereocenters. The third-order valence-electron chi connectivity index (χ3n) is 2.76. The Kier molecular flexibility index (Phi) is 4.59. The number of hydrogen-bond acceptors (Lipinski definition) is 3. The van der Waals surface area contributed by atoms with Gasteiger partial charge in [0.25, 0.3) is 0 Å². The number of rotatable bonds is 3. The largest absolute Gasteiger partial charge is 0.444 e. The van der Waals surface area contributed by atoms with Crippen LogP contribution in [0.5, 0.6) is 0 Å². The van der Waals surface area contributed by atoms with Crippen molar-refractivity contribution in [3.8, 4) is 0 Å². The Hall–Kier alpha value is -0.770. The van der Waals surface area contributed by atoms with Crippen LogP contribution in [-0.2, 0) is 4.74 Å². The van der Waals surface area contributed by atoms with E-state index in [-0.39, 0.29) is 6.09 Å². The summed E-state index contributed by atoms with van der Waals surface area (Å²) in [6.45, 7) is 6.76. The first-order valence-corrected chi connectivity index (χ1v) is 6.14. The Bertz CT molecular complexity index is 230. The molecule has 1 aliphatic rings. The molecule has 94 valence electrons. The molecule has 0 spiro atoms. The second-order valence-corrected chi connectivity index (χ2v) is 5.40. The summed E-state index contributed by atoms with van der Waals surface area (Å²) in [4.78, 5) is 13.8. The normalized spacial score (nSPS) is 17.5. The smallest absolute Gasteiger partial charge is 0.410 e. The summed E-state index contributed by atoms with van der Waals surface area (Å²) in [7, 11) is 0. The lowest BCUT2D eigenvalue weighted by Crippen LogP contribution is -2.44. The third-order valence-corrected chi connectivity index (χ3v) is 2.76. The minimum Gasteiger partial charge on any atom is -0.444 e. The zero-order chi connectivity index (χ0) is 12.2. The minimum atomic E-state index is -0.428. The van der Waals surface area contributed by atoms with Crippen LogP contribution >= 0.6 is 0 Å². The van der Waals surface area contributed by atoms with Crippen molar-refractivity contribution in [1.82, 2.24) is 4.90 Å². The van der Waals surface area contributed by atoms with Crippen LogP contribution in [-0.4, -0.2) is 35.7 Å². The molecule has 0 aromatic heterocycles. The molecule has 4 heteroatoms. The van der Waals surface area contributed by atoms with Crippen LogP contribution in [0.2, 0.25) is 0 Å². The topological polar surface area (TPSA) is 55.6 Å². The van der Waals surface area contributed by atoms with Gasteiger partial charge in [-0.1, -0.05) is 12.8 Å². The van der Waals surface area contributed by atoms with E-state index in [1.165, 1.54) is 12.8 Å². The van der Waals surface area contributed by atoms with Gasteiger partial charge in [0.1, 0.15) is 5.60 Å². The van der Waals surface area contributed by atoms with E-state index in [2.05, 4.69) is 0 Å². The van der Waals surface area contributed by atoms with E-state index in [4.69, 9.17) is 10.5 Å². The number of ether oxygens (including phenoxy) is 1. The molecule has 1 amide bonds. The van der Waals surface area contributed by atoms with Gasteiger partial charge in [-0.05, 0) is 33.6 Å². The molecule has 0 unspecified atom stereocenters. The molecule has 0 aliphatic heterocycles. The van der Waals surface area contributed by atoms with Crippen LogP contribution in [0.4, 0.5) is 4.79 Å². The van der Waals surface area contributed by atoms with Crippen molar-refractivity contribution in [3.63, 3.8) is 0 Å². The lowest BCUT2D eigenvalue weighted by molar-refractivity contribution is 0.0172. The average molecular weight is 228 g/mol. The van der Waals surface area contributed by atoms with Gasteiger partial charge in [-0.25, -0.2) is 4.79 Å². The van der Waals surface area contributed by atoms with Crippen molar-refractivity contribution in [2.24, 2.45) is 5.73 Å². The number of nitrogens with two attached hydrogens (primary N) is 1. The summed E-state index contributed by atoms with van der Waals surface area (Å²) in [5.74, 6) is 0. The van der Waals surface area contributed by atoms with E-state index in [1.54, 1.807) is 4.90 Å². The van der Waals surface area contributed by atoms with E-state index < -0.39 is 5.60 Å². The van der Waals surface area contributed by atoms with E-state index in [0.29, 0.717) is 19.1 Å². The number of carbonyl (C=O) groups is 1. The predicted octanol–water partition coefficient (Wildman–Crippen LogP) is 2.12. The maximum absolute atomic E-state index is 12.0. The van der Waals surface area contributed by atoms with Gasteiger partial charge in [0.05, 0.1) is 0 Å². The molecule has 1 saturated carbocycles. The SMILES string of the molecule is CC(C)(C)OC(=O)N(CCN)C1CCCC1. The lowest BCUT2D eigenvalue weighted by atomic mass is 10.2. The van der Waals surface area contributed by atoms with E-state index in [9.17, 15) is 4.79 Å². The fraction of sp³-hybridized carbons (Fsp3) is 0.917. The average Bonchev–Trinajstić information content (AvgIpc) is 2.63. The Labute approximate surface area is 98.1 Å². The van der Waals surface area contributed by atoms with Gasteiger partial charge >= 0.3 is 6.09 Å². The van der Waals surface area contributed by atoms with Crippen molar-refractivity contribution in [1.29, 1.82) is 0 Å². The zero-order valence-electron chi connectivity index (χ0n) is 10.7. The first-order valence-electron chi connectivity index (χ1n) is 6.14. The Morgan fingerprint density at radius 1 is 1.38 bits per heavy atom. The quantitative estimate of drug-likeness (QED) is 0.805. The lowest BCUT2D eigenvalue weighted by Gasteiger charge is -2.31. The molecule has 0 bridgehead atoms. The summed E-state index contributed by atoms with van der Waals surface area (Å²) < 4.78 is 5.40. The first kappa shape index (κ1) is 13.3. The van der Waals surface area contributed by atoms with E-state index in [1.807, 2.05) is 20.8 Å². The molecule has 1 aliphatic carbocycles. The molecule has 0 aromatic carbocycles. The van der Waals surface area contributed by atoms with E-state index >= 15 is 0 Å². The summed E-state index contributed by atoms with van der Waals surface area (Å²) in [6.07, 6.45) is 4.35. The molecule has 0 radical (unpaired) electrons. The fourth-order valence-electron chi connectivity index (χ4n) is 2.10. The first-order chi connectivity index (χ1) is 7.44. The highest BCUT2D eigenvalue weighted by Gasteiger charge is 2.29. The second kappa shape index (κ2) is 5.53. The maximum Gasteiger partial charge on any atom is 0.410 e. The number of amides is 1. The van der Waals surface area contributed by atoms with Crippen LogP contribution in [0.25, 0.3) is 0 Å².